The third-order valence-corrected chi connectivity index (χ3v) is 4.99. The minimum Gasteiger partial charge on any atom is -0.312 e. The normalized spacial score (nSPS) is 20.4. The van der Waals surface area contributed by atoms with Gasteiger partial charge in [-0.15, -0.1) is 0 Å². The van der Waals surface area contributed by atoms with Gasteiger partial charge < -0.3 is 5.32 Å². The molecule has 0 unspecified atom stereocenters. The van der Waals surface area contributed by atoms with Gasteiger partial charge in [-0.05, 0) is 31.0 Å². The van der Waals surface area contributed by atoms with Crippen LogP contribution in [0.1, 0.15) is 12.0 Å². The number of hydrogen-bond donors (Lipinski definition) is 1. The number of benzene rings is 1. The van der Waals surface area contributed by atoms with E-state index < -0.39 is 10.0 Å². The van der Waals surface area contributed by atoms with E-state index in [2.05, 4.69) is 5.32 Å². The maximum Gasteiger partial charge on any atom is 0.211 e. The second-order valence-corrected chi connectivity index (χ2v) is 7.56. The van der Waals surface area contributed by atoms with E-state index in [1.807, 2.05) is 0 Å². The lowest BCUT2D eigenvalue weighted by atomic mass is 10.1. The molecule has 1 saturated heterocycles. The molecule has 1 N–H and O–H groups in total. The fraction of sp³-hybridized carbons (Fsp3) is 0.538. The van der Waals surface area contributed by atoms with Gasteiger partial charge in [0.05, 0.1) is 6.26 Å². The Kier molecular flexibility index (Phi) is 5.01. The molecule has 0 spiro atoms. The molecule has 0 aromatic heterocycles. The molecule has 1 aromatic rings. The number of nitrogens with one attached hydrogen (secondary N) is 1. The largest absolute Gasteiger partial charge is 0.312 e. The van der Waals surface area contributed by atoms with Gasteiger partial charge in [-0.25, -0.2) is 17.1 Å². The zero-order valence-corrected chi connectivity index (χ0v) is 12.8. The van der Waals surface area contributed by atoms with Crippen LogP contribution >= 0.6 is 11.6 Å². The van der Waals surface area contributed by atoms with Crippen molar-refractivity contribution in [2.75, 3.05) is 25.9 Å². The first-order chi connectivity index (χ1) is 9.36. The summed E-state index contributed by atoms with van der Waals surface area (Å²) in [6.45, 7) is 2.20. The van der Waals surface area contributed by atoms with Crippen LogP contribution in [0.4, 0.5) is 4.39 Å². The van der Waals surface area contributed by atoms with Crippen molar-refractivity contribution in [3.8, 4) is 0 Å². The van der Waals surface area contributed by atoms with Gasteiger partial charge in [-0.2, -0.15) is 0 Å². The standard InChI is InChI=1S/C13H18ClFN2O2S/c1-20(18,19)17-5-4-10(9-17)7-16-8-11-2-3-12(14)6-13(11)15/h2-3,6,10,16H,4-5,7-9H2,1H3/t10-/m0/s1. The first-order valence-corrected chi connectivity index (χ1v) is 8.68. The predicted octanol–water partition coefficient (Wildman–Crippen LogP) is 1.85. The van der Waals surface area contributed by atoms with Crippen LogP contribution in [0, 0.1) is 11.7 Å². The van der Waals surface area contributed by atoms with E-state index in [0.29, 0.717) is 36.8 Å². The van der Waals surface area contributed by atoms with Crippen molar-refractivity contribution in [3.63, 3.8) is 0 Å². The Morgan fingerprint density at radius 3 is 2.85 bits per heavy atom. The van der Waals surface area contributed by atoms with Crippen LogP contribution in [-0.2, 0) is 16.6 Å². The second-order valence-electron chi connectivity index (χ2n) is 5.14. The highest BCUT2D eigenvalue weighted by Gasteiger charge is 2.27. The molecule has 0 amide bonds. The Bertz CT molecular complexity index is 580. The summed E-state index contributed by atoms with van der Waals surface area (Å²) >= 11 is 5.69. The summed E-state index contributed by atoms with van der Waals surface area (Å²) in [5.74, 6) is -0.0470. The molecule has 1 atom stereocenters. The van der Waals surface area contributed by atoms with Crippen LogP contribution in [-0.4, -0.2) is 38.6 Å². The second kappa shape index (κ2) is 6.39. The molecular formula is C13H18ClFN2O2S. The molecule has 1 aliphatic rings. The van der Waals surface area contributed by atoms with Gasteiger partial charge in [0.1, 0.15) is 5.82 Å². The summed E-state index contributed by atoms with van der Waals surface area (Å²) in [5, 5.41) is 3.55. The smallest absolute Gasteiger partial charge is 0.211 e. The van der Waals surface area contributed by atoms with Crippen molar-refractivity contribution in [1.29, 1.82) is 0 Å². The number of rotatable bonds is 5. The van der Waals surface area contributed by atoms with E-state index >= 15 is 0 Å². The van der Waals surface area contributed by atoms with Gasteiger partial charge in [-0.3, -0.25) is 0 Å². The molecule has 112 valence electrons. The summed E-state index contributed by atoms with van der Waals surface area (Å²) in [6, 6.07) is 4.60. The number of nitrogens with zero attached hydrogens (tertiary/aromatic N) is 1. The predicted molar refractivity (Wildman–Crippen MR) is 77.6 cm³/mol. The van der Waals surface area contributed by atoms with Crippen LogP contribution in [0.15, 0.2) is 18.2 Å². The molecular weight excluding hydrogens is 303 g/mol. The zero-order valence-electron chi connectivity index (χ0n) is 11.3. The lowest BCUT2D eigenvalue weighted by Gasteiger charge is -2.14. The Hall–Kier alpha value is -0.690. The summed E-state index contributed by atoms with van der Waals surface area (Å²) in [6.07, 6.45) is 2.06. The van der Waals surface area contributed by atoms with Gasteiger partial charge in [0, 0.05) is 30.2 Å². The monoisotopic (exact) mass is 320 g/mol. The molecule has 1 aliphatic heterocycles. The maximum atomic E-state index is 13.6. The van der Waals surface area contributed by atoms with Crippen LogP contribution in [0.25, 0.3) is 0 Å². The number of hydrogen-bond acceptors (Lipinski definition) is 3. The van der Waals surface area contributed by atoms with Gasteiger partial charge in [0.2, 0.25) is 10.0 Å². The first kappa shape index (κ1) is 15.7. The van der Waals surface area contributed by atoms with Gasteiger partial charge >= 0.3 is 0 Å². The summed E-state index contributed by atoms with van der Waals surface area (Å²) in [5.41, 5.74) is 0.562. The first-order valence-electron chi connectivity index (χ1n) is 6.46. The average molecular weight is 321 g/mol. The minimum absolute atomic E-state index is 0.278. The molecule has 20 heavy (non-hydrogen) atoms. The van der Waals surface area contributed by atoms with E-state index in [9.17, 15) is 12.8 Å². The summed E-state index contributed by atoms with van der Waals surface area (Å²) < 4.78 is 37.8. The van der Waals surface area contributed by atoms with Crippen LogP contribution in [0.2, 0.25) is 5.02 Å². The molecule has 0 saturated carbocycles. The van der Waals surface area contributed by atoms with Crippen molar-refractivity contribution in [1.82, 2.24) is 9.62 Å². The Morgan fingerprint density at radius 1 is 1.50 bits per heavy atom. The highest BCUT2D eigenvalue weighted by atomic mass is 35.5. The van der Waals surface area contributed by atoms with Crippen molar-refractivity contribution in [2.45, 2.75) is 13.0 Å². The third-order valence-electron chi connectivity index (χ3n) is 3.48. The van der Waals surface area contributed by atoms with E-state index in [1.165, 1.54) is 16.6 Å². The van der Waals surface area contributed by atoms with Crippen LogP contribution < -0.4 is 5.32 Å². The molecule has 0 aliphatic carbocycles. The number of halogens is 2. The molecule has 1 fully saturated rings. The van der Waals surface area contributed by atoms with Gasteiger partial charge in [0.15, 0.2) is 0 Å². The summed E-state index contributed by atoms with van der Waals surface area (Å²) in [4.78, 5) is 0. The van der Waals surface area contributed by atoms with Gasteiger partial charge in [0.25, 0.3) is 0 Å². The van der Waals surface area contributed by atoms with Crippen molar-refractivity contribution >= 4 is 21.6 Å². The lowest BCUT2D eigenvalue weighted by molar-refractivity contribution is 0.446. The average Bonchev–Trinajstić information content (AvgIpc) is 2.80. The molecule has 4 nitrogen and oxygen atoms in total. The molecule has 0 radical (unpaired) electrons. The molecule has 1 heterocycles. The Morgan fingerprint density at radius 2 is 2.25 bits per heavy atom. The molecule has 2 rings (SSSR count). The fourth-order valence-corrected chi connectivity index (χ4v) is 3.42. The van der Waals surface area contributed by atoms with E-state index in [0.717, 1.165) is 6.42 Å². The topological polar surface area (TPSA) is 49.4 Å². The maximum absolute atomic E-state index is 13.6. The van der Waals surface area contributed by atoms with Crippen molar-refractivity contribution in [3.05, 3.63) is 34.6 Å². The highest BCUT2D eigenvalue weighted by Crippen LogP contribution is 2.18. The third kappa shape index (κ3) is 4.15. The quantitative estimate of drug-likeness (QED) is 0.901. The van der Waals surface area contributed by atoms with E-state index in [4.69, 9.17) is 11.6 Å². The van der Waals surface area contributed by atoms with Crippen molar-refractivity contribution < 1.29 is 12.8 Å². The SMILES string of the molecule is CS(=O)(=O)N1CC[C@@H](CNCc2ccc(Cl)cc2F)C1. The van der Waals surface area contributed by atoms with Crippen LogP contribution in [0.3, 0.4) is 0 Å². The lowest BCUT2D eigenvalue weighted by Crippen LogP contribution is -2.30. The van der Waals surface area contributed by atoms with E-state index in [-0.39, 0.29) is 11.7 Å². The van der Waals surface area contributed by atoms with Gasteiger partial charge in [-0.1, -0.05) is 17.7 Å². The van der Waals surface area contributed by atoms with Crippen LogP contribution in [0.5, 0.6) is 0 Å². The Balaban J connectivity index is 1.80. The highest BCUT2D eigenvalue weighted by molar-refractivity contribution is 7.88. The van der Waals surface area contributed by atoms with E-state index in [1.54, 1.807) is 12.1 Å². The zero-order chi connectivity index (χ0) is 14.8. The van der Waals surface area contributed by atoms with Crippen molar-refractivity contribution in [2.24, 2.45) is 5.92 Å². The molecule has 0 bridgehead atoms. The molecule has 7 heteroatoms. The Labute approximate surface area is 124 Å². The minimum atomic E-state index is -3.09. The summed E-state index contributed by atoms with van der Waals surface area (Å²) in [7, 11) is -3.09. The fourth-order valence-electron chi connectivity index (χ4n) is 2.34. The number of sulfonamides is 1. The molecule has 1 aromatic carbocycles.